The second-order valence-electron chi connectivity index (χ2n) is 6.89. The molecule has 0 fully saturated rings. The van der Waals surface area contributed by atoms with Gasteiger partial charge < -0.3 is 4.42 Å². The molecule has 2 nitrogen and oxygen atoms in total. The molecule has 0 saturated carbocycles. The Bertz CT molecular complexity index is 1030. The summed E-state index contributed by atoms with van der Waals surface area (Å²) in [6, 6.07) is 16.9. The van der Waals surface area contributed by atoms with Crippen LogP contribution in [-0.4, -0.2) is 4.98 Å². The molecule has 4 aromatic rings. The monoisotopic (exact) mass is 315 g/mol. The van der Waals surface area contributed by atoms with E-state index in [9.17, 15) is 0 Å². The zero-order valence-electron chi connectivity index (χ0n) is 14.3. The van der Waals surface area contributed by atoms with Gasteiger partial charge >= 0.3 is 0 Å². The highest BCUT2D eigenvalue weighted by atomic mass is 16.3. The van der Waals surface area contributed by atoms with Gasteiger partial charge in [0.15, 0.2) is 0 Å². The van der Waals surface area contributed by atoms with Gasteiger partial charge in [-0.3, -0.25) is 4.98 Å². The Labute approximate surface area is 142 Å². The molecule has 120 valence electrons. The molecule has 0 amide bonds. The Morgan fingerprint density at radius 3 is 2.46 bits per heavy atom. The van der Waals surface area contributed by atoms with Crippen LogP contribution in [0.15, 0.2) is 59.1 Å². The van der Waals surface area contributed by atoms with Crippen LogP contribution in [0.5, 0.6) is 0 Å². The van der Waals surface area contributed by atoms with E-state index in [1.165, 1.54) is 16.5 Å². The number of hydrogen-bond donors (Lipinski definition) is 0. The van der Waals surface area contributed by atoms with Crippen molar-refractivity contribution in [1.82, 2.24) is 4.98 Å². The first-order valence-electron chi connectivity index (χ1n) is 8.49. The molecular weight excluding hydrogens is 294 g/mol. The van der Waals surface area contributed by atoms with Crippen LogP contribution >= 0.6 is 0 Å². The molecule has 4 rings (SSSR count). The number of para-hydroxylation sites is 2. The van der Waals surface area contributed by atoms with E-state index in [0.717, 1.165) is 34.2 Å². The summed E-state index contributed by atoms with van der Waals surface area (Å²) in [5, 5.41) is 2.36. The second-order valence-corrected chi connectivity index (χ2v) is 6.89. The predicted molar refractivity (Wildman–Crippen MR) is 100 cm³/mol. The van der Waals surface area contributed by atoms with E-state index >= 15 is 0 Å². The summed E-state index contributed by atoms with van der Waals surface area (Å²) in [7, 11) is 0. The lowest BCUT2D eigenvalue weighted by Crippen LogP contribution is -1.93. The molecule has 2 heteroatoms. The Hall–Kier alpha value is -2.61. The van der Waals surface area contributed by atoms with Crippen molar-refractivity contribution in [2.45, 2.75) is 27.2 Å². The first-order chi connectivity index (χ1) is 11.6. The molecule has 0 radical (unpaired) electrons. The lowest BCUT2D eigenvalue weighted by Gasteiger charge is -2.04. The second kappa shape index (κ2) is 5.79. The largest absolute Gasteiger partial charge is 0.455 e. The van der Waals surface area contributed by atoms with Crippen molar-refractivity contribution in [3.63, 3.8) is 0 Å². The summed E-state index contributed by atoms with van der Waals surface area (Å²) in [6.07, 6.45) is 2.88. The van der Waals surface area contributed by atoms with Gasteiger partial charge in [-0.05, 0) is 48.6 Å². The van der Waals surface area contributed by atoms with Crippen LogP contribution < -0.4 is 0 Å². The zero-order valence-corrected chi connectivity index (χ0v) is 14.3. The van der Waals surface area contributed by atoms with Gasteiger partial charge in [-0.2, -0.15) is 0 Å². The third kappa shape index (κ3) is 2.48. The highest BCUT2D eigenvalue weighted by molar-refractivity contribution is 6.10. The molecule has 0 aliphatic heterocycles. The fourth-order valence-corrected chi connectivity index (χ4v) is 3.36. The molecule has 0 saturated heterocycles. The van der Waals surface area contributed by atoms with Gasteiger partial charge in [0.05, 0.1) is 5.69 Å². The van der Waals surface area contributed by atoms with E-state index in [-0.39, 0.29) is 0 Å². The van der Waals surface area contributed by atoms with Gasteiger partial charge in [0, 0.05) is 22.5 Å². The van der Waals surface area contributed by atoms with Crippen molar-refractivity contribution in [3.05, 3.63) is 65.9 Å². The topological polar surface area (TPSA) is 26.0 Å². The average molecular weight is 315 g/mol. The Kier molecular flexibility index (Phi) is 3.61. The van der Waals surface area contributed by atoms with Gasteiger partial charge in [-0.15, -0.1) is 0 Å². The molecule has 0 N–H and O–H groups in total. The number of rotatable bonds is 3. The van der Waals surface area contributed by atoms with E-state index in [1.54, 1.807) is 0 Å². The van der Waals surface area contributed by atoms with E-state index in [1.807, 2.05) is 12.3 Å². The van der Waals surface area contributed by atoms with Crippen molar-refractivity contribution in [3.8, 4) is 11.3 Å². The number of fused-ring (bicyclic) bond motifs is 3. The van der Waals surface area contributed by atoms with Gasteiger partial charge in [0.1, 0.15) is 11.2 Å². The summed E-state index contributed by atoms with van der Waals surface area (Å²) in [5.41, 5.74) is 6.45. The molecule has 24 heavy (non-hydrogen) atoms. The molecule has 2 heterocycles. The highest BCUT2D eigenvalue weighted by Crippen LogP contribution is 2.36. The quantitative estimate of drug-likeness (QED) is 0.453. The third-order valence-electron chi connectivity index (χ3n) is 4.43. The smallest absolute Gasteiger partial charge is 0.144 e. The van der Waals surface area contributed by atoms with Crippen LogP contribution in [0.1, 0.15) is 25.0 Å². The van der Waals surface area contributed by atoms with Gasteiger partial charge in [-0.25, -0.2) is 0 Å². The van der Waals surface area contributed by atoms with Crippen molar-refractivity contribution in [1.29, 1.82) is 0 Å². The fraction of sp³-hybridized carbons (Fsp3) is 0.227. The minimum Gasteiger partial charge on any atom is -0.455 e. The maximum absolute atomic E-state index is 6.37. The summed E-state index contributed by atoms with van der Waals surface area (Å²) in [6.45, 7) is 6.57. The molecule has 0 bridgehead atoms. The zero-order chi connectivity index (χ0) is 16.7. The Morgan fingerprint density at radius 2 is 1.71 bits per heavy atom. The lowest BCUT2D eigenvalue weighted by molar-refractivity contribution is 0.624. The molecule has 0 atom stereocenters. The Balaban J connectivity index is 2.01. The average Bonchev–Trinajstić information content (AvgIpc) is 2.94. The van der Waals surface area contributed by atoms with E-state index < -0.39 is 0 Å². The van der Waals surface area contributed by atoms with Gasteiger partial charge in [-0.1, -0.05) is 44.2 Å². The van der Waals surface area contributed by atoms with E-state index in [2.05, 4.69) is 68.2 Å². The fourth-order valence-electron chi connectivity index (χ4n) is 3.36. The number of aromatic nitrogens is 1. The molecule has 0 spiro atoms. The van der Waals surface area contributed by atoms with E-state index in [4.69, 9.17) is 4.42 Å². The Morgan fingerprint density at radius 1 is 0.958 bits per heavy atom. The number of furan rings is 1. The number of nitrogens with zero attached hydrogens (tertiary/aromatic N) is 1. The predicted octanol–water partition coefficient (Wildman–Crippen LogP) is 6.15. The van der Waals surface area contributed by atoms with Crippen molar-refractivity contribution >= 4 is 21.9 Å². The van der Waals surface area contributed by atoms with Gasteiger partial charge in [0.2, 0.25) is 0 Å². The molecule has 2 aromatic carbocycles. The van der Waals surface area contributed by atoms with Crippen LogP contribution in [0, 0.1) is 12.8 Å². The summed E-state index contributed by atoms with van der Waals surface area (Å²) >= 11 is 0. The first-order valence-corrected chi connectivity index (χ1v) is 8.49. The molecule has 2 aromatic heterocycles. The van der Waals surface area contributed by atoms with Crippen molar-refractivity contribution in [2.24, 2.45) is 5.92 Å². The first kappa shape index (κ1) is 14.9. The summed E-state index contributed by atoms with van der Waals surface area (Å²) in [4.78, 5) is 4.54. The minimum absolute atomic E-state index is 0.599. The number of aryl methyl sites for hydroxylation is 1. The molecule has 0 unspecified atom stereocenters. The van der Waals surface area contributed by atoms with Crippen LogP contribution in [-0.2, 0) is 6.42 Å². The number of benzene rings is 2. The van der Waals surface area contributed by atoms with Crippen molar-refractivity contribution < 1.29 is 4.42 Å². The SMILES string of the molecule is Cc1ccnc(-c2cccc3c2oc2c(CC(C)C)cccc23)c1. The van der Waals surface area contributed by atoms with Crippen LogP contribution in [0.25, 0.3) is 33.2 Å². The number of pyridine rings is 1. The molecular formula is C22H21NO. The summed E-state index contributed by atoms with van der Waals surface area (Å²) < 4.78 is 6.37. The summed E-state index contributed by atoms with van der Waals surface area (Å²) in [5.74, 6) is 0.599. The van der Waals surface area contributed by atoms with Crippen molar-refractivity contribution in [2.75, 3.05) is 0 Å². The standard InChI is InChI=1S/C22H21NO/c1-14(2)12-16-6-4-7-17-18-8-5-9-19(22(18)24-21(16)17)20-13-15(3)10-11-23-20/h4-11,13-14H,12H2,1-3H3. The van der Waals surface area contributed by atoms with Crippen LogP contribution in [0.3, 0.4) is 0 Å². The normalized spacial score (nSPS) is 11.7. The number of hydrogen-bond acceptors (Lipinski definition) is 2. The van der Waals surface area contributed by atoms with Crippen LogP contribution in [0.2, 0.25) is 0 Å². The van der Waals surface area contributed by atoms with Crippen LogP contribution in [0.4, 0.5) is 0 Å². The maximum atomic E-state index is 6.37. The molecule has 0 aliphatic carbocycles. The van der Waals surface area contributed by atoms with E-state index in [0.29, 0.717) is 5.92 Å². The highest BCUT2D eigenvalue weighted by Gasteiger charge is 2.15. The third-order valence-corrected chi connectivity index (χ3v) is 4.43. The van der Waals surface area contributed by atoms with Gasteiger partial charge in [0.25, 0.3) is 0 Å². The minimum atomic E-state index is 0.599. The lowest BCUT2D eigenvalue weighted by atomic mass is 10.00. The molecule has 0 aliphatic rings. The maximum Gasteiger partial charge on any atom is 0.144 e.